The van der Waals surface area contributed by atoms with Crippen LogP contribution in [0.2, 0.25) is 0 Å². The van der Waals surface area contributed by atoms with Gasteiger partial charge in [0.15, 0.2) is 0 Å². The van der Waals surface area contributed by atoms with Gasteiger partial charge < -0.3 is 14.7 Å². The first-order chi connectivity index (χ1) is 11.5. The van der Waals surface area contributed by atoms with E-state index >= 15 is 0 Å². The number of carbonyl (C=O) groups excluding carboxylic acids is 1. The number of hydrogen-bond acceptors (Lipinski definition) is 3. The average molecular weight is 392 g/mol. The predicted octanol–water partition coefficient (Wildman–Crippen LogP) is 4.99. The van der Waals surface area contributed by atoms with Gasteiger partial charge in [-0.1, -0.05) is 28.0 Å². The molecule has 6 heteroatoms. The monoisotopic (exact) mass is 391 g/mol. The van der Waals surface area contributed by atoms with E-state index in [0.717, 1.165) is 58.5 Å². The Morgan fingerprint density at radius 2 is 2.25 bits per heavy atom. The van der Waals surface area contributed by atoms with Gasteiger partial charge in [-0.15, -0.1) is 0 Å². The summed E-state index contributed by atoms with van der Waals surface area (Å²) < 4.78 is 6.45. The van der Waals surface area contributed by atoms with Gasteiger partial charge in [0.25, 0.3) is 0 Å². The molecule has 1 saturated heterocycles. The van der Waals surface area contributed by atoms with Crippen LogP contribution < -0.4 is 5.32 Å². The minimum Gasteiger partial charge on any atom is -0.361 e. The summed E-state index contributed by atoms with van der Waals surface area (Å²) in [7, 11) is 0. The zero-order valence-corrected chi connectivity index (χ0v) is 15.8. The highest BCUT2D eigenvalue weighted by molar-refractivity contribution is 9.10. The molecule has 2 amide bonds. The number of benzene rings is 1. The molecule has 1 N–H and O–H groups in total. The zero-order chi connectivity index (χ0) is 17.3. The number of nitrogens with zero attached hydrogens (tertiary/aromatic N) is 2. The molecule has 0 aliphatic carbocycles. The number of amides is 2. The first-order valence-corrected chi connectivity index (χ1v) is 9.09. The third-order valence-corrected chi connectivity index (χ3v) is 5.45. The lowest BCUT2D eigenvalue weighted by Gasteiger charge is -2.25. The molecule has 1 aliphatic rings. The van der Waals surface area contributed by atoms with E-state index in [0.29, 0.717) is 0 Å². The van der Waals surface area contributed by atoms with Gasteiger partial charge in [-0.05, 0) is 50.5 Å². The summed E-state index contributed by atoms with van der Waals surface area (Å²) in [6.45, 7) is 6.75. The van der Waals surface area contributed by atoms with Crippen LogP contribution in [0.3, 0.4) is 0 Å². The van der Waals surface area contributed by atoms with Gasteiger partial charge in [-0.3, -0.25) is 0 Å². The molecule has 2 aromatic rings. The van der Waals surface area contributed by atoms with E-state index in [4.69, 9.17) is 4.52 Å². The third-order valence-electron chi connectivity index (χ3n) is 4.56. The Kier molecular flexibility index (Phi) is 4.94. The molecule has 0 bridgehead atoms. The minimum atomic E-state index is -0.0677. The third kappa shape index (κ3) is 3.20. The van der Waals surface area contributed by atoms with Crippen LogP contribution in [0, 0.1) is 13.8 Å². The smallest absolute Gasteiger partial charge is 0.322 e. The number of urea groups is 1. The van der Waals surface area contributed by atoms with Crippen LogP contribution in [-0.2, 0) is 6.42 Å². The largest absolute Gasteiger partial charge is 0.361 e. The highest BCUT2D eigenvalue weighted by Gasteiger charge is 2.34. The molecule has 2 heterocycles. The van der Waals surface area contributed by atoms with E-state index in [9.17, 15) is 4.79 Å². The number of anilines is 1. The molecule has 1 aliphatic heterocycles. The van der Waals surface area contributed by atoms with Crippen LogP contribution in [0.4, 0.5) is 10.5 Å². The van der Waals surface area contributed by atoms with Crippen LogP contribution in [0.15, 0.2) is 27.2 Å². The second-order valence-corrected chi connectivity index (χ2v) is 7.06. The van der Waals surface area contributed by atoms with Crippen molar-refractivity contribution >= 4 is 27.6 Å². The predicted molar refractivity (Wildman–Crippen MR) is 97.2 cm³/mol. The number of aryl methyl sites for hydroxylation is 3. The van der Waals surface area contributed by atoms with E-state index < -0.39 is 0 Å². The highest BCUT2D eigenvalue weighted by atomic mass is 79.9. The van der Waals surface area contributed by atoms with E-state index in [1.165, 1.54) is 0 Å². The molecular formula is C18H22BrN3O2. The van der Waals surface area contributed by atoms with E-state index in [1.54, 1.807) is 0 Å². The second-order valence-electron chi connectivity index (χ2n) is 6.20. The van der Waals surface area contributed by atoms with Gasteiger partial charge in [0.2, 0.25) is 0 Å². The molecule has 24 heavy (non-hydrogen) atoms. The fourth-order valence-electron chi connectivity index (χ4n) is 3.33. The summed E-state index contributed by atoms with van der Waals surface area (Å²) in [6, 6.07) is 5.80. The van der Waals surface area contributed by atoms with Crippen molar-refractivity contribution in [1.29, 1.82) is 0 Å². The van der Waals surface area contributed by atoms with Crippen molar-refractivity contribution in [2.75, 3.05) is 11.9 Å². The first-order valence-electron chi connectivity index (χ1n) is 8.30. The van der Waals surface area contributed by atoms with Crippen molar-refractivity contribution in [2.24, 2.45) is 0 Å². The number of carbonyl (C=O) groups is 1. The fourth-order valence-corrected chi connectivity index (χ4v) is 3.58. The summed E-state index contributed by atoms with van der Waals surface area (Å²) in [4.78, 5) is 14.7. The van der Waals surface area contributed by atoms with Crippen LogP contribution in [0.25, 0.3) is 0 Å². The first kappa shape index (κ1) is 17.0. The Morgan fingerprint density at radius 3 is 2.96 bits per heavy atom. The van der Waals surface area contributed by atoms with Gasteiger partial charge in [0.05, 0.1) is 11.7 Å². The van der Waals surface area contributed by atoms with Crippen molar-refractivity contribution in [3.8, 4) is 0 Å². The number of likely N-dealkylation sites (tertiary alicyclic amines) is 1. The standard InChI is InChI=1S/C18H22BrN3O2/c1-4-16-17(12(3)21-24-16)15-6-5-9-22(15)18(23)20-13-7-8-14(19)11(2)10-13/h7-8,10,15H,4-6,9H2,1-3H3,(H,20,23)/t15-/m0/s1. The summed E-state index contributed by atoms with van der Waals surface area (Å²) >= 11 is 3.48. The van der Waals surface area contributed by atoms with Gasteiger partial charge in [0, 0.05) is 28.7 Å². The van der Waals surface area contributed by atoms with Crippen molar-refractivity contribution in [1.82, 2.24) is 10.1 Å². The molecule has 1 aromatic heterocycles. The molecule has 3 rings (SSSR count). The molecule has 1 atom stereocenters. The highest BCUT2D eigenvalue weighted by Crippen LogP contribution is 2.36. The summed E-state index contributed by atoms with van der Waals surface area (Å²) in [5.41, 5.74) is 3.87. The number of aromatic nitrogens is 1. The average Bonchev–Trinajstić information content (AvgIpc) is 3.16. The van der Waals surface area contributed by atoms with E-state index in [-0.39, 0.29) is 12.1 Å². The molecule has 128 valence electrons. The Labute approximate surface area is 150 Å². The molecule has 0 radical (unpaired) electrons. The summed E-state index contributed by atoms with van der Waals surface area (Å²) in [5.74, 6) is 0.886. The van der Waals surface area contributed by atoms with E-state index in [2.05, 4.69) is 26.4 Å². The van der Waals surface area contributed by atoms with Crippen LogP contribution in [0.5, 0.6) is 0 Å². The maximum Gasteiger partial charge on any atom is 0.322 e. The van der Waals surface area contributed by atoms with Crippen molar-refractivity contribution in [3.63, 3.8) is 0 Å². The minimum absolute atomic E-state index is 0.0442. The van der Waals surface area contributed by atoms with Crippen LogP contribution in [-0.4, -0.2) is 22.6 Å². The topological polar surface area (TPSA) is 58.4 Å². The second kappa shape index (κ2) is 6.97. The van der Waals surface area contributed by atoms with Crippen molar-refractivity contribution in [2.45, 2.75) is 46.1 Å². The molecule has 1 aromatic carbocycles. The number of nitrogens with one attached hydrogen (secondary N) is 1. The molecule has 0 spiro atoms. The Balaban J connectivity index is 1.81. The van der Waals surface area contributed by atoms with Gasteiger partial charge in [-0.25, -0.2) is 4.79 Å². The van der Waals surface area contributed by atoms with Crippen molar-refractivity contribution < 1.29 is 9.32 Å². The lowest BCUT2D eigenvalue weighted by atomic mass is 10.0. The van der Waals surface area contributed by atoms with Gasteiger partial charge >= 0.3 is 6.03 Å². The van der Waals surface area contributed by atoms with Gasteiger partial charge in [-0.2, -0.15) is 0 Å². The van der Waals surface area contributed by atoms with Crippen LogP contribution in [0.1, 0.15) is 48.4 Å². The van der Waals surface area contributed by atoms with E-state index in [1.807, 2.05) is 43.9 Å². The summed E-state index contributed by atoms with van der Waals surface area (Å²) in [6.07, 6.45) is 2.72. The molecule has 5 nitrogen and oxygen atoms in total. The molecule has 1 fully saturated rings. The quantitative estimate of drug-likeness (QED) is 0.801. The SMILES string of the molecule is CCc1onc(C)c1[C@@H]1CCCN1C(=O)Nc1ccc(Br)c(C)c1. The summed E-state index contributed by atoms with van der Waals surface area (Å²) in [5, 5.41) is 7.11. The number of rotatable bonds is 3. The molecule has 0 saturated carbocycles. The Morgan fingerprint density at radius 1 is 1.46 bits per heavy atom. The van der Waals surface area contributed by atoms with Crippen LogP contribution >= 0.6 is 15.9 Å². The molecule has 0 unspecified atom stereocenters. The number of halogens is 1. The fraction of sp³-hybridized carbons (Fsp3) is 0.444. The van der Waals surface area contributed by atoms with Crippen molar-refractivity contribution in [3.05, 3.63) is 45.3 Å². The Bertz CT molecular complexity index is 757. The normalized spacial score (nSPS) is 17.3. The Hall–Kier alpha value is -1.82. The lowest BCUT2D eigenvalue weighted by molar-refractivity contribution is 0.206. The zero-order valence-electron chi connectivity index (χ0n) is 14.2. The maximum absolute atomic E-state index is 12.8. The number of hydrogen-bond donors (Lipinski definition) is 1. The maximum atomic E-state index is 12.8. The lowest BCUT2D eigenvalue weighted by Crippen LogP contribution is -2.34. The molecular weight excluding hydrogens is 370 g/mol. The van der Waals surface area contributed by atoms with Gasteiger partial charge in [0.1, 0.15) is 5.76 Å².